The molecule has 23 heavy (non-hydrogen) atoms. The topological polar surface area (TPSA) is 46.2 Å². The lowest BCUT2D eigenvalue weighted by Crippen LogP contribution is -2.59. The van der Waals surface area contributed by atoms with Gasteiger partial charge in [0.05, 0.1) is 11.8 Å². The molecule has 3 nitrogen and oxygen atoms in total. The van der Waals surface area contributed by atoms with Crippen LogP contribution in [0.3, 0.4) is 0 Å². The van der Waals surface area contributed by atoms with Crippen LogP contribution in [0.4, 0.5) is 0 Å². The van der Waals surface area contributed by atoms with Crippen LogP contribution in [0.1, 0.15) is 36.1 Å². The predicted octanol–water partition coefficient (Wildman–Crippen LogP) is 2.51. The molecular weight excluding hydrogens is 286 g/mol. The van der Waals surface area contributed by atoms with E-state index in [-0.39, 0.29) is 23.7 Å². The first kappa shape index (κ1) is 13.1. The van der Waals surface area contributed by atoms with Gasteiger partial charge in [0.25, 0.3) is 0 Å². The zero-order valence-corrected chi connectivity index (χ0v) is 13.1. The fourth-order valence-electron chi connectivity index (χ4n) is 5.51. The summed E-state index contributed by atoms with van der Waals surface area (Å²) in [7, 11) is 0. The zero-order chi connectivity index (χ0) is 16.0. The average Bonchev–Trinajstić information content (AvgIpc) is 2.88. The lowest BCUT2D eigenvalue weighted by molar-refractivity contribution is -0.126. The van der Waals surface area contributed by atoms with Crippen molar-refractivity contribution >= 4 is 11.8 Å². The van der Waals surface area contributed by atoms with E-state index in [4.69, 9.17) is 0 Å². The summed E-state index contributed by atoms with van der Waals surface area (Å²) < 4.78 is 0. The lowest BCUT2D eigenvalue weighted by Gasteiger charge is -2.57. The van der Waals surface area contributed by atoms with Crippen LogP contribution in [0.25, 0.3) is 0 Å². The van der Waals surface area contributed by atoms with Crippen molar-refractivity contribution in [2.75, 3.05) is 0 Å². The maximum atomic E-state index is 12.6. The molecule has 2 aromatic carbocycles. The first-order chi connectivity index (χ1) is 11.0. The lowest BCUT2D eigenvalue weighted by atomic mass is 9.42. The summed E-state index contributed by atoms with van der Waals surface area (Å²) in [6.45, 7) is 4.25. The summed E-state index contributed by atoms with van der Waals surface area (Å²) in [5, 5.41) is 2.60. The van der Waals surface area contributed by atoms with Crippen molar-refractivity contribution in [1.29, 1.82) is 0 Å². The summed E-state index contributed by atoms with van der Waals surface area (Å²) in [6.07, 6.45) is 0. The van der Waals surface area contributed by atoms with Crippen LogP contribution >= 0.6 is 0 Å². The third-order valence-corrected chi connectivity index (χ3v) is 6.48. The van der Waals surface area contributed by atoms with E-state index >= 15 is 0 Å². The molecule has 2 bridgehead atoms. The van der Waals surface area contributed by atoms with Crippen molar-refractivity contribution in [3.63, 3.8) is 0 Å². The summed E-state index contributed by atoms with van der Waals surface area (Å²) in [5.74, 6) is -0.912. The second-order valence-corrected chi connectivity index (χ2v) is 7.30. The van der Waals surface area contributed by atoms with E-state index in [1.807, 2.05) is 24.3 Å². The highest BCUT2D eigenvalue weighted by atomic mass is 16.2. The number of carbonyl (C=O) groups excluding carboxylic acids is 2. The van der Waals surface area contributed by atoms with E-state index in [9.17, 15) is 9.59 Å². The molecule has 2 atom stereocenters. The Kier molecular flexibility index (Phi) is 2.12. The minimum absolute atomic E-state index is 0.127. The van der Waals surface area contributed by atoms with Gasteiger partial charge in [-0.25, -0.2) is 0 Å². The number of nitrogens with one attached hydrogen (secondary N) is 1. The number of hydrogen-bond donors (Lipinski definition) is 1. The third-order valence-electron chi connectivity index (χ3n) is 6.48. The highest BCUT2D eigenvalue weighted by Crippen LogP contribution is 2.65. The highest BCUT2D eigenvalue weighted by molar-refractivity contribution is 6.08. The molecule has 0 aromatic heterocycles. The second-order valence-electron chi connectivity index (χ2n) is 7.30. The summed E-state index contributed by atoms with van der Waals surface area (Å²) >= 11 is 0. The Labute approximate surface area is 134 Å². The van der Waals surface area contributed by atoms with Crippen molar-refractivity contribution in [1.82, 2.24) is 5.32 Å². The Morgan fingerprint density at radius 2 is 1.00 bits per heavy atom. The van der Waals surface area contributed by atoms with Crippen molar-refractivity contribution in [3.8, 4) is 0 Å². The van der Waals surface area contributed by atoms with Gasteiger partial charge in [-0.2, -0.15) is 0 Å². The maximum absolute atomic E-state index is 12.6. The van der Waals surface area contributed by atoms with Gasteiger partial charge < -0.3 is 0 Å². The van der Waals surface area contributed by atoms with Crippen LogP contribution in [-0.4, -0.2) is 11.8 Å². The molecule has 0 unspecified atom stereocenters. The number of amides is 2. The van der Waals surface area contributed by atoms with Gasteiger partial charge in [0.1, 0.15) is 0 Å². The fourth-order valence-corrected chi connectivity index (χ4v) is 5.51. The second kappa shape index (κ2) is 3.73. The molecule has 0 saturated carbocycles. The van der Waals surface area contributed by atoms with Crippen LogP contribution < -0.4 is 5.32 Å². The quantitative estimate of drug-likeness (QED) is 0.760. The predicted molar refractivity (Wildman–Crippen MR) is 85.9 cm³/mol. The van der Waals surface area contributed by atoms with Gasteiger partial charge in [-0.3, -0.25) is 14.9 Å². The van der Waals surface area contributed by atoms with Gasteiger partial charge >= 0.3 is 0 Å². The number of benzene rings is 2. The Hall–Kier alpha value is -2.42. The van der Waals surface area contributed by atoms with E-state index in [0.717, 1.165) is 0 Å². The number of carbonyl (C=O) groups is 2. The van der Waals surface area contributed by atoms with Crippen LogP contribution in [0, 0.1) is 11.8 Å². The molecule has 114 valence electrons. The minimum atomic E-state index is -0.453. The molecule has 1 fully saturated rings. The van der Waals surface area contributed by atoms with Crippen LogP contribution in [0.2, 0.25) is 0 Å². The van der Waals surface area contributed by atoms with E-state index < -0.39 is 10.8 Å². The first-order valence-corrected chi connectivity index (χ1v) is 8.05. The smallest absolute Gasteiger partial charge is 0.231 e. The first-order valence-electron chi connectivity index (χ1n) is 8.05. The van der Waals surface area contributed by atoms with E-state index in [1.165, 1.54) is 22.3 Å². The zero-order valence-electron chi connectivity index (χ0n) is 13.1. The fraction of sp³-hybridized carbons (Fsp3) is 0.300. The Bertz CT molecular complexity index is 779. The molecular formula is C20H17NO2. The van der Waals surface area contributed by atoms with Gasteiger partial charge in [0, 0.05) is 10.8 Å². The van der Waals surface area contributed by atoms with Gasteiger partial charge in [-0.1, -0.05) is 62.4 Å². The molecule has 6 rings (SSSR count). The summed E-state index contributed by atoms with van der Waals surface area (Å²) in [6, 6.07) is 16.6. The minimum Gasteiger partial charge on any atom is -0.296 e. The van der Waals surface area contributed by atoms with Gasteiger partial charge in [-0.05, 0) is 22.3 Å². The average molecular weight is 303 g/mol. The van der Waals surface area contributed by atoms with E-state index in [1.54, 1.807) is 0 Å². The van der Waals surface area contributed by atoms with Crippen molar-refractivity contribution in [3.05, 3.63) is 70.8 Å². The van der Waals surface area contributed by atoms with Crippen molar-refractivity contribution < 1.29 is 9.59 Å². The molecule has 2 aromatic rings. The summed E-state index contributed by atoms with van der Waals surface area (Å²) in [4.78, 5) is 25.3. The molecule has 1 aliphatic heterocycles. The molecule has 0 spiro atoms. The SMILES string of the molecule is CC12c3ccccc3C(C)(c3ccccc31)[C@H]1C(=O)NC(=O)[C@@H]12. The molecule has 3 aliphatic carbocycles. The standard InChI is InChI=1S/C20H17NO2/c1-19-11-7-3-5-9-13(11)20(2,14-10-6-4-8-12(14)19)16-15(19)17(22)21-18(16)23/h3-10,15-16H,1-2H3,(H,21,22,23)/t15-,16-,19?,20?/m1/s1. The molecule has 1 heterocycles. The Morgan fingerprint density at radius 1 is 0.696 bits per heavy atom. The highest BCUT2D eigenvalue weighted by Gasteiger charge is 2.68. The van der Waals surface area contributed by atoms with Crippen LogP contribution in [0.15, 0.2) is 48.5 Å². The van der Waals surface area contributed by atoms with Gasteiger partial charge in [-0.15, -0.1) is 0 Å². The molecule has 1 N–H and O–H groups in total. The van der Waals surface area contributed by atoms with Gasteiger partial charge in [0.2, 0.25) is 11.8 Å². The van der Waals surface area contributed by atoms with Crippen molar-refractivity contribution in [2.45, 2.75) is 24.7 Å². The van der Waals surface area contributed by atoms with Gasteiger partial charge in [0.15, 0.2) is 0 Å². The normalized spacial score (nSPS) is 36.3. The third kappa shape index (κ3) is 1.18. The Morgan fingerprint density at radius 3 is 1.30 bits per heavy atom. The van der Waals surface area contributed by atoms with Crippen molar-refractivity contribution in [2.24, 2.45) is 11.8 Å². The molecule has 4 aliphatic rings. The summed E-state index contributed by atoms with van der Waals surface area (Å²) in [5.41, 5.74) is 3.84. The molecule has 0 radical (unpaired) electrons. The molecule has 3 heteroatoms. The molecule has 1 saturated heterocycles. The largest absolute Gasteiger partial charge is 0.296 e. The van der Waals surface area contributed by atoms with Crippen LogP contribution in [-0.2, 0) is 20.4 Å². The number of rotatable bonds is 0. The van der Waals surface area contributed by atoms with E-state index in [0.29, 0.717) is 0 Å². The Balaban J connectivity index is 1.99. The molecule has 2 amide bonds. The monoisotopic (exact) mass is 303 g/mol. The number of hydrogen-bond acceptors (Lipinski definition) is 2. The van der Waals surface area contributed by atoms with Crippen LogP contribution in [0.5, 0.6) is 0 Å². The maximum Gasteiger partial charge on any atom is 0.231 e. The van der Waals surface area contributed by atoms with E-state index in [2.05, 4.69) is 43.4 Å². The number of imide groups is 1.